The van der Waals surface area contributed by atoms with Gasteiger partial charge in [-0.1, -0.05) is 52.8 Å². The number of thioether (sulfide) groups is 1. The zero-order valence-corrected chi connectivity index (χ0v) is 14.8. The Hall–Kier alpha value is -2.71. The first-order valence-electron chi connectivity index (χ1n) is 7.57. The summed E-state index contributed by atoms with van der Waals surface area (Å²) in [7, 11) is 0. The smallest absolute Gasteiger partial charge is 0.237 e. The molecule has 26 heavy (non-hydrogen) atoms. The van der Waals surface area contributed by atoms with E-state index in [9.17, 15) is 4.39 Å². The lowest BCUT2D eigenvalue weighted by Crippen LogP contribution is -1.98. The monoisotopic (exact) mass is 387 g/mol. The molecule has 9 heteroatoms. The molecule has 0 aliphatic rings. The molecule has 0 N–H and O–H groups in total. The Bertz CT molecular complexity index is 1050. The fourth-order valence-corrected chi connectivity index (χ4v) is 3.31. The maximum atomic E-state index is 14.0. The molecule has 0 radical (unpaired) electrons. The summed E-state index contributed by atoms with van der Waals surface area (Å²) in [6.45, 7) is 0. The number of hydrogen-bond acceptors (Lipinski definition) is 6. The van der Waals surface area contributed by atoms with Gasteiger partial charge >= 0.3 is 0 Å². The summed E-state index contributed by atoms with van der Waals surface area (Å²) in [5, 5.41) is 12.9. The van der Waals surface area contributed by atoms with E-state index < -0.39 is 0 Å². The number of rotatable bonds is 5. The molecule has 4 aromatic rings. The minimum absolute atomic E-state index is 0.354. The van der Waals surface area contributed by atoms with Gasteiger partial charge in [0.15, 0.2) is 5.16 Å². The molecule has 2 heterocycles. The summed E-state index contributed by atoms with van der Waals surface area (Å²) in [6.07, 6.45) is 1.46. The highest BCUT2D eigenvalue weighted by Crippen LogP contribution is 2.27. The topological polar surface area (TPSA) is 69.6 Å². The second kappa shape index (κ2) is 7.27. The van der Waals surface area contributed by atoms with Crippen molar-refractivity contribution in [1.29, 1.82) is 0 Å². The molecule has 6 nitrogen and oxygen atoms in total. The Morgan fingerprint density at radius 3 is 2.77 bits per heavy atom. The summed E-state index contributed by atoms with van der Waals surface area (Å²) < 4.78 is 20.8. The number of hydrogen-bond donors (Lipinski definition) is 0. The predicted molar refractivity (Wildman–Crippen MR) is 95.6 cm³/mol. The highest BCUT2D eigenvalue weighted by molar-refractivity contribution is 7.98. The van der Waals surface area contributed by atoms with E-state index >= 15 is 0 Å². The number of benzene rings is 2. The second-order valence-electron chi connectivity index (χ2n) is 5.22. The van der Waals surface area contributed by atoms with Crippen LogP contribution >= 0.6 is 23.4 Å². The first kappa shape index (κ1) is 16.7. The van der Waals surface area contributed by atoms with Crippen LogP contribution in [0.2, 0.25) is 5.02 Å². The lowest BCUT2D eigenvalue weighted by atomic mass is 10.2. The lowest BCUT2D eigenvalue weighted by Gasteiger charge is -2.05. The Labute approximate surface area is 157 Å². The van der Waals surface area contributed by atoms with Gasteiger partial charge in [-0.25, -0.2) is 4.39 Å². The molecule has 130 valence electrons. The van der Waals surface area contributed by atoms with Gasteiger partial charge in [-0.2, -0.15) is 4.98 Å². The molecule has 0 bridgehead atoms. The minimum atomic E-state index is -0.354. The van der Waals surface area contributed by atoms with Crippen LogP contribution in [0, 0.1) is 5.82 Å². The molecule has 2 aromatic heterocycles. The fraction of sp³-hybridized carbons (Fsp3) is 0.0588. The van der Waals surface area contributed by atoms with E-state index in [1.54, 1.807) is 28.8 Å². The van der Waals surface area contributed by atoms with Gasteiger partial charge in [0, 0.05) is 5.56 Å². The largest absolute Gasteiger partial charge is 0.338 e. The van der Waals surface area contributed by atoms with E-state index in [4.69, 9.17) is 16.1 Å². The van der Waals surface area contributed by atoms with Crippen LogP contribution in [0.15, 0.2) is 64.5 Å². The van der Waals surface area contributed by atoms with Crippen molar-refractivity contribution in [2.75, 3.05) is 0 Å². The summed E-state index contributed by atoms with van der Waals surface area (Å²) in [4.78, 5) is 4.35. The molecule has 0 aliphatic heterocycles. The van der Waals surface area contributed by atoms with Gasteiger partial charge in [0.05, 0.1) is 16.5 Å². The highest BCUT2D eigenvalue weighted by atomic mass is 35.5. The predicted octanol–water partition coefficient (Wildman–Crippen LogP) is 4.40. The first-order valence-corrected chi connectivity index (χ1v) is 8.94. The fourth-order valence-electron chi connectivity index (χ4n) is 2.33. The van der Waals surface area contributed by atoms with Crippen molar-refractivity contribution >= 4 is 23.4 Å². The quantitative estimate of drug-likeness (QED) is 0.473. The standard InChI is InChI=1S/C17H11ClFN5OS/c18-12-6-2-1-5-11(12)16-21-15(25-23-16)9-26-17-22-20-10-24(17)14-8-4-3-7-13(14)19/h1-8,10H,9H2. The van der Waals surface area contributed by atoms with Crippen molar-refractivity contribution in [2.45, 2.75) is 10.9 Å². The summed E-state index contributed by atoms with van der Waals surface area (Å²) in [5.41, 5.74) is 1.07. The van der Waals surface area contributed by atoms with E-state index in [2.05, 4.69) is 20.3 Å². The Kier molecular flexibility index (Phi) is 4.68. The summed E-state index contributed by atoms with van der Waals surface area (Å²) >= 11 is 7.46. The molecule has 0 atom stereocenters. The van der Waals surface area contributed by atoms with Crippen LogP contribution in [0.4, 0.5) is 4.39 Å². The Balaban J connectivity index is 1.52. The van der Waals surface area contributed by atoms with Gasteiger partial charge in [0.1, 0.15) is 12.1 Å². The third-order valence-electron chi connectivity index (χ3n) is 3.54. The molecule has 2 aromatic carbocycles. The van der Waals surface area contributed by atoms with Gasteiger partial charge in [-0.05, 0) is 24.3 Å². The zero-order valence-electron chi connectivity index (χ0n) is 13.2. The van der Waals surface area contributed by atoms with Crippen molar-refractivity contribution < 1.29 is 8.91 Å². The van der Waals surface area contributed by atoms with Crippen LogP contribution in [0.5, 0.6) is 0 Å². The van der Waals surface area contributed by atoms with Crippen LogP contribution in [-0.2, 0) is 5.75 Å². The van der Waals surface area contributed by atoms with Crippen LogP contribution in [0.3, 0.4) is 0 Å². The number of para-hydroxylation sites is 1. The molecule has 0 unspecified atom stereocenters. The van der Waals surface area contributed by atoms with Crippen LogP contribution in [-0.4, -0.2) is 24.9 Å². The molecule has 0 saturated carbocycles. The summed E-state index contributed by atoms with van der Waals surface area (Å²) in [6, 6.07) is 13.7. The Morgan fingerprint density at radius 1 is 1.12 bits per heavy atom. The van der Waals surface area contributed by atoms with Crippen LogP contribution < -0.4 is 0 Å². The number of nitrogens with zero attached hydrogens (tertiary/aromatic N) is 5. The van der Waals surface area contributed by atoms with Gasteiger partial charge in [-0.15, -0.1) is 10.2 Å². The van der Waals surface area contributed by atoms with E-state index in [-0.39, 0.29) is 5.82 Å². The molecule has 0 saturated heterocycles. The highest BCUT2D eigenvalue weighted by Gasteiger charge is 2.15. The van der Waals surface area contributed by atoms with Gasteiger partial charge < -0.3 is 4.52 Å². The Morgan fingerprint density at radius 2 is 1.92 bits per heavy atom. The molecule has 0 aliphatic carbocycles. The molecule has 0 spiro atoms. The number of aromatic nitrogens is 5. The molecule has 0 amide bonds. The van der Waals surface area contributed by atoms with Gasteiger partial charge in [0.2, 0.25) is 11.7 Å². The maximum absolute atomic E-state index is 14.0. The van der Waals surface area contributed by atoms with Gasteiger partial charge in [-0.3, -0.25) is 4.57 Å². The summed E-state index contributed by atoms with van der Waals surface area (Å²) in [5.74, 6) is 0.840. The van der Waals surface area contributed by atoms with E-state index in [0.29, 0.717) is 38.9 Å². The average Bonchev–Trinajstić information content (AvgIpc) is 3.30. The van der Waals surface area contributed by atoms with Crippen molar-refractivity contribution in [2.24, 2.45) is 0 Å². The zero-order chi connectivity index (χ0) is 17.9. The molecule has 0 fully saturated rings. The van der Waals surface area contributed by atoms with Crippen LogP contribution in [0.1, 0.15) is 5.89 Å². The first-order chi connectivity index (χ1) is 12.7. The third kappa shape index (κ3) is 3.33. The SMILES string of the molecule is Fc1ccccc1-n1cnnc1SCc1nc(-c2ccccc2Cl)no1. The average molecular weight is 388 g/mol. The van der Waals surface area contributed by atoms with E-state index in [0.717, 1.165) is 0 Å². The van der Waals surface area contributed by atoms with Crippen molar-refractivity contribution in [1.82, 2.24) is 24.9 Å². The molecule has 4 rings (SSSR count). The molecular formula is C17H11ClFN5OS. The van der Waals surface area contributed by atoms with Crippen molar-refractivity contribution in [3.8, 4) is 17.1 Å². The second-order valence-corrected chi connectivity index (χ2v) is 6.56. The minimum Gasteiger partial charge on any atom is -0.338 e. The van der Waals surface area contributed by atoms with E-state index in [1.165, 1.54) is 24.2 Å². The normalized spacial score (nSPS) is 11.0. The van der Waals surface area contributed by atoms with Crippen LogP contribution in [0.25, 0.3) is 17.1 Å². The van der Waals surface area contributed by atoms with Gasteiger partial charge in [0.25, 0.3) is 0 Å². The van der Waals surface area contributed by atoms with Crippen molar-refractivity contribution in [3.63, 3.8) is 0 Å². The van der Waals surface area contributed by atoms with Crippen molar-refractivity contribution in [3.05, 3.63) is 71.6 Å². The molecular weight excluding hydrogens is 377 g/mol. The third-order valence-corrected chi connectivity index (χ3v) is 4.79. The number of halogens is 2. The maximum Gasteiger partial charge on any atom is 0.237 e. The lowest BCUT2D eigenvalue weighted by molar-refractivity contribution is 0.391. The van der Waals surface area contributed by atoms with E-state index in [1.807, 2.05) is 18.2 Å².